The van der Waals surface area contributed by atoms with E-state index in [0.29, 0.717) is 0 Å². The Morgan fingerprint density at radius 1 is 1.17 bits per heavy atom. The van der Waals surface area contributed by atoms with Crippen molar-refractivity contribution < 1.29 is 1.43 Å². The molecule has 1 aliphatic rings. The second-order valence-electron chi connectivity index (χ2n) is 3.61. The zero-order valence-corrected chi connectivity index (χ0v) is 11.2. The molecular weight excluding hydrogens is 261 g/mol. The highest BCUT2D eigenvalue weighted by molar-refractivity contribution is 14.0. The fraction of sp³-hybridized carbons (Fsp3) is 1.00. The molecule has 0 amide bonds. The fourth-order valence-corrected chi connectivity index (χ4v) is 1.38. The van der Waals surface area contributed by atoms with Crippen molar-refractivity contribution in [2.45, 2.75) is 65.5 Å². The van der Waals surface area contributed by atoms with Gasteiger partial charge in [0.15, 0.2) is 0 Å². The third kappa shape index (κ3) is 8.78. The molecule has 1 nitrogen and oxygen atoms in total. The second-order valence-corrected chi connectivity index (χ2v) is 3.61. The molecule has 1 saturated heterocycles. The predicted octanol–water partition coefficient (Wildman–Crippen LogP) is 3.82. The molecule has 0 radical (unpaired) electrons. The van der Waals surface area contributed by atoms with Crippen molar-refractivity contribution in [2.75, 3.05) is 0 Å². The highest BCUT2D eigenvalue weighted by Gasteiger charge is 2.11. The van der Waals surface area contributed by atoms with E-state index in [-0.39, 0.29) is 25.4 Å². The van der Waals surface area contributed by atoms with Crippen LogP contribution >= 0.6 is 24.0 Å². The van der Waals surface area contributed by atoms with Crippen LogP contribution < -0.4 is 5.32 Å². The summed E-state index contributed by atoms with van der Waals surface area (Å²) in [6, 6.07) is 1.53. The minimum absolute atomic E-state index is 0. The van der Waals surface area contributed by atoms with Crippen molar-refractivity contribution in [1.29, 1.82) is 0 Å². The molecule has 2 heteroatoms. The Balaban J connectivity index is -0.000000180. The molecule has 0 aromatic heterocycles. The van der Waals surface area contributed by atoms with Gasteiger partial charge in [-0.3, -0.25) is 0 Å². The average molecular weight is 287 g/mol. The smallest absolute Gasteiger partial charge is 0.00412 e. The molecule has 0 bridgehead atoms. The molecule has 1 fully saturated rings. The summed E-state index contributed by atoms with van der Waals surface area (Å²) < 4.78 is 0. The zero-order chi connectivity index (χ0) is 8.69. The van der Waals surface area contributed by atoms with E-state index in [1.54, 1.807) is 0 Å². The first-order valence-electron chi connectivity index (χ1n) is 4.96. The van der Waals surface area contributed by atoms with Gasteiger partial charge in [0, 0.05) is 13.5 Å². The van der Waals surface area contributed by atoms with Gasteiger partial charge < -0.3 is 5.32 Å². The summed E-state index contributed by atoms with van der Waals surface area (Å²) in [4.78, 5) is 0. The first-order chi connectivity index (χ1) is 5.20. The van der Waals surface area contributed by atoms with E-state index in [1.807, 2.05) is 0 Å². The number of piperidine rings is 1. The van der Waals surface area contributed by atoms with Crippen LogP contribution in [0.1, 0.15) is 54.8 Å². The summed E-state index contributed by atoms with van der Waals surface area (Å²) in [5.74, 6) is 0. The molecule has 1 heterocycles. The number of rotatable bonds is 0. The fourth-order valence-electron chi connectivity index (χ4n) is 1.38. The lowest BCUT2D eigenvalue weighted by Crippen LogP contribution is -2.38. The van der Waals surface area contributed by atoms with Crippen molar-refractivity contribution in [1.82, 2.24) is 5.32 Å². The van der Waals surface area contributed by atoms with Gasteiger partial charge in [-0.2, -0.15) is 0 Å². The van der Waals surface area contributed by atoms with Crippen LogP contribution in [0.15, 0.2) is 0 Å². The van der Waals surface area contributed by atoms with Crippen LogP contribution in [-0.4, -0.2) is 12.1 Å². The van der Waals surface area contributed by atoms with Crippen LogP contribution in [0.5, 0.6) is 0 Å². The molecule has 0 spiro atoms. The number of hydrogen-bond donors (Lipinski definition) is 1. The van der Waals surface area contributed by atoms with Crippen LogP contribution in [0.4, 0.5) is 0 Å². The minimum atomic E-state index is 0. The largest absolute Gasteiger partial charge is 0.312 e. The molecule has 2 atom stereocenters. The summed E-state index contributed by atoms with van der Waals surface area (Å²) in [5, 5.41) is 3.48. The van der Waals surface area contributed by atoms with Crippen molar-refractivity contribution >= 4 is 24.0 Å². The van der Waals surface area contributed by atoms with Gasteiger partial charge in [-0.25, -0.2) is 0 Å². The van der Waals surface area contributed by atoms with Gasteiger partial charge >= 0.3 is 0 Å². The quantitative estimate of drug-likeness (QED) is 0.668. The molecule has 0 aromatic rings. The molecular formula is C10H26IN. The molecule has 1 N–H and O–H groups in total. The Bertz CT molecular complexity index is 83.0. The Hall–Kier alpha value is 0.690. The lowest BCUT2D eigenvalue weighted by atomic mass is 10.0. The lowest BCUT2D eigenvalue weighted by molar-refractivity contribution is 0.352. The summed E-state index contributed by atoms with van der Waals surface area (Å²) in [7, 11) is 0. The van der Waals surface area contributed by atoms with E-state index in [4.69, 9.17) is 0 Å². The average Bonchev–Trinajstić information content (AvgIpc) is 1.88. The van der Waals surface area contributed by atoms with E-state index in [1.165, 1.54) is 25.7 Å². The van der Waals surface area contributed by atoms with Gasteiger partial charge in [-0.15, -0.1) is 24.0 Å². The maximum Gasteiger partial charge on any atom is 0.00412 e. The van der Waals surface area contributed by atoms with Gasteiger partial charge in [0.25, 0.3) is 0 Å². The second kappa shape index (κ2) is 9.78. The van der Waals surface area contributed by atoms with Crippen LogP contribution in [0.2, 0.25) is 0 Å². The monoisotopic (exact) mass is 287 g/mol. The molecule has 0 saturated carbocycles. The highest BCUT2D eigenvalue weighted by Crippen LogP contribution is 2.10. The van der Waals surface area contributed by atoms with E-state index in [9.17, 15) is 0 Å². The molecule has 2 unspecified atom stereocenters. The highest BCUT2D eigenvalue weighted by atomic mass is 127. The van der Waals surface area contributed by atoms with Gasteiger partial charge in [-0.1, -0.05) is 26.7 Å². The molecule has 0 aliphatic carbocycles. The maximum atomic E-state index is 3.48. The zero-order valence-electron chi connectivity index (χ0n) is 8.89. The summed E-state index contributed by atoms with van der Waals surface area (Å²) in [6.07, 6.45) is 5.39. The number of halogens is 1. The van der Waals surface area contributed by atoms with Crippen molar-refractivity contribution in [3.8, 4) is 0 Å². The van der Waals surface area contributed by atoms with Crippen LogP contribution in [-0.2, 0) is 0 Å². The molecule has 1 rings (SSSR count). The van der Waals surface area contributed by atoms with E-state index < -0.39 is 0 Å². The van der Waals surface area contributed by atoms with Gasteiger partial charge in [-0.05, 0) is 26.7 Å². The molecule has 0 aromatic carbocycles. The normalized spacial score (nSPS) is 28.0. The minimum Gasteiger partial charge on any atom is -0.312 e. The van der Waals surface area contributed by atoms with Crippen LogP contribution in [0.3, 0.4) is 0 Å². The van der Waals surface area contributed by atoms with Crippen molar-refractivity contribution in [2.24, 2.45) is 0 Å². The topological polar surface area (TPSA) is 12.0 Å². The molecule has 78 valence electrons. The van der Waals surface area contributed by atoms with Crippen LogP contribution in [0.25, 0.3) is 0 Å². The first kappa shape index (κ1) is 15.2. The molecule has 12 heavy (non-hydrogen) atoms. The van der Waals surface area contributed by atoms with Gasteiger partial charge in [0.05, 0.1) is 0 Å². The first-order valence-corrected chi connectivity index (χ1v) is 4.96. The van der Waals surface area contributed by atoms with Crippen molar-refractivity contribution in [3.05, 3.63) is 0 Å². The van der Waals surface area contributed by atoms with Gasteiger partial charge in [0.1, 0.15) is 0 Å². The standard InChI is InChI=1S/C7H15N.C3H8.HI.H2/c1-6-4-3-5-7(2)8-6;1-3-2;;/h6-8H,3-5H2,1-2H3;3H2,1-2H3;2*1H. The number of hydrogen-bond acceptors (Lipinski definition) is 1. The Morgan fingerprint density at radius 3 is 1.67 bits per heavy atom. The third-order valence-corrected chi connectivity index (χ3v) is 1.84. The van der Waals surface area contributed by atoms with E-state index in [0.717, 1.165) is 12.1 Å². The third-order valence-electron chi connectivity index (χ3n) is 1.84. The Labute approximate surface area is 96.2 Å². The summed E-state index contributed by atoms with van der Waals surface area (Å²) >= 11 is 0. The maximum absolute atomic E-state index is 3.48. The van der Waals surface area contributed by atoms with E-state index >= 15 is 0 Å². The summed E-state index contributed by atoms with van der Waals surface area (Å²) in [5.41, 5.74) is 0. The van der Waals surface area contributed by atoms with E-state index in [2.05, 4.69) is 33.0 Å². The molecule has 1 aliphatic heterocycles. The van der Waals surface area contributed by atoms with Crippen molar-refractivity contribution in [3.63, 3.8) is 0 Å². The number of nitrogens with one attached hydrogen (secondary N) is 1. The Morgan fingerprint density at radius 2 is 1.50 bits per heavy atom. The SMILES string of the molecule is CC1CCCC(C)N1.CCC.I.[HH]. The summed E-state index contributed by atoms with van der Waals surface area (Å²) in [6.45, 7) is 8.77. The van der Waals surface area contributed by atoms with Crippen LogP contribution in [0, 0.1) is 0 Å². The van der Waals surface area contributed by atoms with Gasteiger partial charge in [0.2, 0.25) is 0 Å². The Kier molecular flexibility index (Phi) is 12.4. The predicted molar refractivity (Wildman–Crippen MR) is 69.4 cm³/mol. The lowest BCUT2D eigenvalue weighted by Gasteiger charge is -2.25.